The fourth-order valence-electron chi connectivity index (χ4n) is 5.11. The van der Waals surface area contributed by atoms with Gasteiger partial charge in [-0.1, -0.05) is 109 Å². The summed E-state index contributed by atoms with van der Waals surface area (Å²) >= 11 is 2.85. The molecule has 0 radical (unpaired) electrons. The van der Waals surface area contributed by atoms with Crippen LogP contribution >= 0.6 is 23.1 Å². The molecule has 1 atom stereocenters. The lowest BCUT2D eigenvalue weighted by atomic mass is 10.1. The van der Waals surface area contributed by atoms with E-state index in [2.05, 4.69) is 28.1 Å². The van der Waals surface area contributed by atoms with Gasteiger partial charge in [-0.25, -0.2) is 4.98 Å². The zero-order valence-corrected chi connectivity index (χ0v) is 29.1. The van der Waals surface area contributed by atoms with Crippen molar-refractivity contribution in [1.82, 2.24) is 10.3 Å². The number of carbonyl (C=O) groups excluding carboxylic acids is 3. The van der Waals surface area contributed by atoms with Crippen LogP contribution in [0.15, 0.2) is 150 Å². The van der Waals surface area contributed by atoms with Crippen molar-refractivity contribution in [2.75, 3.05) is 10.6 Å². The number of amides is 3. The second kappa shape index (κ2) is 16.1. The minimum Gasteiger partial charge on any atom is -0.321 e. The van der Waals surface area contributed by atoms with E-state index in [9.17, 15) is 14.4 Å². The maximum Gasteiger partial charge on any atom is 0.272 e. The van der Waals surface area contributed by atoms with Crippen LogP contribution in [0.5, 0.6) is 0 Å². The Balaban J connectivity index is 1.17. The molecule has 0 saturated carbocycles. The van der Waals surface area contributed by atoms with Crippen LogP contribution in [0.25, 0.3) is 17.3 Å². The lowest BCUT2D eigenvalue weighted by Gasteiger charge is -2.17. The monoisotopic (exact) mass is 694 g/mol. The van der Waals surface area contributed by atoms with Gasteiger partial charge in [0.25, 0.3) is 11.8 Å². The van der Waals surface area contributed by atoms with Crippen molar-refractivity contribution in [3.8, 4) is 11.3 Å². The first-order chi connectivity index (χ1) is 24.3. The second-order valence-electron chi connectivity index (χ2n) is 11.5. The van der Waals surface area contributed by atoms with Gasteiger partial charge >= 0.3 is 0 Å². The maximum absolute atomic E-state index is 13.8. The van der Waals surface area contributed by atoms with E-state index in [4.69, 9.17) is 4.98 Å². The lowest BCUT2D eigenvalue weighted by molar-refractivity contribution is -0.116. The van der Waals surface area contributed by atoms with E-state index >= 15 is 0 Å². The van der Waals surface area contributed by atoms with E-state index in [1.165, 1.54) is 28.7 Å². The number of nitrogens with zero attached hydrogens (tertiary/aromatic N) is 1. The highest BCUT2D eigenvalue weighted by molar-refractivity contribution is 8.00. The van der Waals surface area contributed by atoms with Gasteiger partial charge in [-0.05, 0) is 67.4 Å². The molecular formula is C41H34N4O3S2. The van der Waals surface area contributed by atoms with Crippen molar-refractivity contribution >= 4 is 57.7 Å². The zero-order valence-electron chi connectivity index (χ0n) is 27.4. The van der Waals surface area contributed by atoms with E-state index in [0.29, 0.717) is 16.4 Å². The molecule has 1 heterocycles. The number of hydrogen-bond acceptors (Lipinski definition) is 6. The zero-order chi connectivity index (χ0) is 34.9. The van der Waals surface area contributed by atoms with Crippen LogP contribution in [0.2, 0.25) is 0 Å². The summed E-state index contributed by atoms with van der Waals surface area (Å²) in [6.45, 7) is 4.05. The average molecular weight is 695 g/mol. The minimum absolute atomic E-state index is 0.104. The number of thiazole rings is 1. The van der Waals surface area contributed by atoms with Crippen LogP contribution in [-0.2, 0) is 9.59 Å². The molecule has 0 aliphatic heterocycles. The molecule has 3 amide bonds. The van der Waals surface area contributed by atoms with Crippen molar-refractivity contribution in [2.24, 2.45) is 0 Å². The maximum atomic E-state index is 13.8. The molecule has 6 aromatic rings. The third-order valence-corrected chi connectivity index (χ3v) is 9.85. The smallest absolute Gasteiger partial charge is 0.272 e. The fraction of sp³-hybridized carbons (Fsp3) is 0.0732. The molecule has 3 N–H and O–H groups in total. The van der Waals surface area contributed by atoms with Crippen LogP contribution in [0.3, 0.4) is 0 Å². The molecule has 0 spiro atoms. The summed E-state index contributed by atoms with van der Waals surface area (Å²) in [6, 6.07) is 43.1. The van der Waals surface area contributed by atoms with E-state index in [1.807, 2.05) is 105 Å². The second-order valence-corrected chi connectivity index (χ2v) is 13.8. The predicted octanol–water partition coefficient (Wildman–Crippen LogP) is 9.31. The number of nitrogens with one attached hydrogen (secondary N) is 3. The number of carbonyl (C=O) groups is 3. The van der Waals surface area contributed by atoms with Crippen molar-refractivity contribution in [3.63, 3.8) is 0 Å². The minimum atomic E-state index is -0.558. The van der Waals surface area contributed by atoms with Crippen molar-refractivity contribution in [3.05, 3.63) is 172 Å². The Hall–Kier alpha value is -5.77. The van der Waals surface area contributed by atoms with Crippen molar-refractivity contribution in [1.29, 1.82) is 0 Å². The molecule has 5 aromatic carbocycles. The van der Waals surface area contributed by atoms with Crippen LogP contribution < -0.4 is 16.0 Å². The predicted molar refractivity (Wildman–Crippen MR) is 204 cm³/mol. The third-order valence-electron chi connectivity index (χ3n) is 7.70. The SMILES string of the molecule is Cc1ccc(-c2nc(NC(=O)C(Sc3ccc(NC(=O)/C(=C/c4ccccc4)NC(=O)c4ccccc4)cc3)c3ccccc3)sc2C)cc1. The van der Waals surface area contributed by atoms with E-state index in [0.717, 1.165) is 32.2 Å². The Morgan fingerprint density at radius 2 is 1.34 bits per heavy atom. The molecule has 0 fully saturated rings. The molecule has 0 saturated heterocycles. The number of hydrogen-bond donors (Lipinski definition) is 3. The van der Waals surface area contributed by atoms with E-state index < -0.39 is 11.2 Å². The summed E-state index contributed by atoms with van der Waals surface area (Å²) < 4.78 is 0. The fourth-order valence-corrected chi connectivity index (χ4v) is 6.97. The Kier molecular flexibility index (Phi) is 11.0. The van der Waals surface area contributed by atoms with Crippen molar-refractivity contribution in [2.45, 2.75) is 24.0 Å². The summed E-state index contributed by atoms with van der Waals surface area (Å²) in [6.07, 6.45) is 1.64. The van der Waals surface area contributed by atoms with Gasteiger partial charge in [0.2, 0.25) is 5.91 Å². The highest BCUT2D eigenvalue weighted by atomic mass is 32.2. The van der Waals surface area contributed by atoms with Gasteiger partial charge in [-0.15, -0.1) is 23.1 Å². The standard InChI is InChI=1S/C41H34N4O3S2/c1-27-18-20-30(21-19-27)36-28(2)49-41(44-36)45-40(48)37(31-14-8-4-9-15-31)50-34-24-22-33(23-25-34)42-39(47)35(26-29-12-6-3-7-13-29)43-38(46)32-16-10-5-11-17-32/h3-26,37H,1-2H3,(H,42,47)(H,43,46)(H,44,45,48)/b35-26-. The number of anilines is 2. The van der Waals surface area contributed by atoms with Gasteiger partial charge in [0, 0.05) is 26.6 Å². The summed E-state index contributed by atoms with van der Waals surface area (Å²) in [5.74, 6) is -1.05. The number of thioether (sulfide) groups is 1. The molecule has 0 bridgehead atoms. The van der Waals surface area contributed by atoms with Crippen LogP contribution in [0.1, 0.15) is 37.2 Å². The largest absolute Gasteiger partial charge is 0.321 e. The summed E-state index contributed by atoms with van der Waals surface area (Å²) in [7, 11) is 0. The number of rotatable bonds is 11. The first-order valence-corrected chi connectivity index (χ1v) is 17.6. The van der Waals surface area contributed by atoms with Crippen molar-refractivity contribution < 1.29 is 14.4 Å². The normalized spacial score (nSPS) is 11.8. The average Bonchev–Trinajstić information content (AvgIpc) is 3.51. The molecule has 0 aliphatic carbocycles. The Labute approximate surface area is 299 Å². The Morgan fingerprint density at radius 3 is 2.00 bits per heavy atom. The first kappa shape index (κ1) is 34.1. The lowest BCUT2D eigenvalue weighted by Crippen LogP contribution is -2.30. The molecule has 1 unspecified atom stereocenters. The van der Waals surface area contributed by atoms with Gasteiger partial charge in [-0.3, -0.25) is 14.4 Å². The highest BCUT2D eigenvalue weighted by Gasteiger charge is 2.24. The first-order valence-electron chi connectivity index (χ1n) is 15.9. The van der Waals surface area contributed by atoms with Gasteiger partial charge < -0.3 is 16.0 Å². The van der Waals surface area contributed by atoms with Crippen LogP contribution in [0, 0.1) is 13.8 Å². The third kappa shape index (κ3) is 8.82. The van der Waals surface area contributed by atoms with Crippen LogP contribution in [0.4, 0.5) is 10.8 Å². The number of aryl methyl sites for hydroxylation is 2. The molecule has 248 valence electrons. The van der Waals surface area contributed by atoms with Gasteiger partial charge in [-0.2, -0.15) is 0 Å². The molecule has 0 aliphatic rings. The molecule has 9 heteroatoms. The molecule has 1 aromatic heterocycles. The Bertz CT molecular complexity index is 2110. The van der Waals surface area contributed by atoms with Gasteiger partial charge in [0.05, 0.1) is 5.69 Å². The number of benzene rings is 5. The van der Waals surface area contributed by atoms with Crippen LogP contribution in [-0.4, -0.2) is 22.7 Å². The van der Waals surface area contributed by atoms with Gasteiger partial charge in [0.1, 0.15) is 10.9 Å². The molecular weight excluding hydrogens is 661 g/mol. The quantitative estimate of drug-likeness (QED) is 0.0928. The molecule has 7 nitrogen and oxygen atoms in total. The van der Waals surface area contributed by atoms with E-state index in [-0.39, 0.29) is 17.5 Å². The van der Waals surface area contributed by atoms with Gasteiger partial charge in [0.15, 0.2) is 5.13 Å². The molecule has 6 rings (SSSR count). The summed E-state index contributed by atoms with van der Waals surface area (Å²) in [5, 5.41) is 8.69. The Morgan fingerprint density at radius 1 is 0.720 bits per heavy atom. The highest BCUT2D eigenvalue weighted by Crippen LogP contribution is 2.38. The topological polar surface area (TPSA) is 100 Å². The number of aromatic nitrogens is 1. The summed E-state index contributed by atoms with van der Waals surface area (Å²) in [5.41, 5.74) is 5.73. The van der Waals surface area contributed by atoms with E-state index in [1.54, 1.807) is 42.5 Å². The molecule has 50 heavy (non-hydrogen) atoms. The summed E-state index contributed by atoms with van der Waals surface area (Å²) in [4.78, 5) is 46.8.